The molecule has 2 unspecified atom stereocenters. The maximum atomic E-state index is 13.1. The van der Waals surface area contributed by atoms with E-state index in [2.05, 4.69) is 15.3 Å². The number of azo groups is 1. The summed E-state index contributed by atoms with van der Waals surface area (Å²) in [5, 5.41) is 33.0. The van der Waals surface area contributed by atoms with Crippen LogP contribution in [0, 0.1) is 5.21 Å². The largest absolute Gasteiger partial charge is 0.595 e. The molecule has 0 saturated carbocycles. The Kier molecular flexibility index (Phi) is 6.09. The number of hydrazone groups is 1. The minimum absolute atomic E-state index is 0.0840. The highest BCUT2D eigenvalue weighted by Gasteiger charge is 2.38. The topological polar surface area (TPSA) is 159 Å². The van der Waals surface area contributed by atoms with Crippen LogP contribution in [-0.2, 0) is 14.9 Å². The van der Waals surface area contributed by atoms with E-state index in [4.69, 9.17) is 9.76 Å². The molecule has 168 valence electrons. The molecule has 3 aromatic carbocycles. The number of carbonyl (C=O) groups excluding carboxylic acids is 1. The van der Waals surface area contributed by atoms with Crippen molar-refractivity contribution in [2.45, 2.75) is 10.9 Å². The van der Waals surface area contributed by atoms with Crippen LogP contribution in [0.15, 0.2) is 99.1 Å². The van der Waals surface area contributed by atoms with Gasteiger partial charge in [0.15, 0.2) is 11.7 Å². The van der Waals surface area contributed by atoms with Crippen molar-refractivity contribution in [2.24, 2.45) is 15.3 Å². The van der Waals surface area contributed by atoms with Gasteiger partial charge in [0.1, 0.15) is 5.71 Å². The molecule has 0 aromatic heterocycles. The van der Waals surface area contributed by atoms with Crippen molar-refractivity contribution in [2.75, 3.05) is 5.01 Å². The summed E-state index contributed by atoms with van der Waals surface area (Å²) in [6, 6.07) is 18.5. The molecule has 0 aliphatic carbocycles. The first-order valence-corrected chi connectivity index (χ1v) is 11.0. The SMILES string of the molecule is O=C1C(N=Nc2ccc(S(=O)(=O)O)cc2)C(c2ccc([NH+]([O-])O)cc2)=NN1c1ccccc1. The molecule has 3 aromatic rings. The Morgan fingerprint density at radius 2 is 1.61 bits per heavy atom. The number of hydrogen-bond donors (Lipinski definition) is 3. The molecule has 0 fully saturated rings. The summed E-state index contributed by atoms with van der Waals surface area (Å²) in [5.41, 5.74) is 1.64. The predicted molar refractivity (Wildman–Crippen MR) is 117 cm³/mol. The average Bonchev–Trinajstić information content (AvgIpc) is 3.14. The summed E-state index contributed by atoms with van der Waals surface area (Å²) in [6.45, 7) is 0. The van der Waals surface area contributed by atoms with E-state index in [1.807, 2.05) is 0 Å². The van der Waals surface area contributed by atoms with Crippen LogP contribution < -0.4 is 10.2 Å². The number of anilines is 1. The van der Waals surface area contributed by atoms with Gasteiger partial charge in [0, 0.05) is 17.7 Å². The number of rotatable bonds is 6. The van der Waals surface area contributed by atoms with Crippen molar-refractivity contribution in [3.63, 3.8) is 0 Å². The number of quaternary nitrogens is 1. The van der Waals surface area contributed by atoms with Crippen molar-refractivity contribution < 1.29 is 28.2 Å². The van der Waals surface area contributed by atoms with E-state index in [0.717, 1.165) is 12.1 Å². The summed E-state index contributed by atoms with van der Waals surface area (Å²) in [7, 11) is -4.35. The summed E-state index contributed by atoms with van der Waals surface area (Å²) in [4.78, 5) is 12.8. The molecule has 0 radical (unpaired) electrons. The molecule has 11 nitrogen and oxygen atoms in total. The Labute approximate surface area is 188 Å². The second-order valence-electron chi connectivity index (χ2n) is 6.94. The Bertz CT molecular complexity index is 1320. The smallest absolute Gasteiger partial charge is 0.294 e. The normalized spacial score (nSPS) is 17.4. The molecule has 0 saturated heterocycles. The highest BCUT2D eigenvalue weighted by Crippen LogP contribution is 2.26. The van der Waals surface area contributed by atoms with Gasteiger partial charge in [-0.25, -0.2) is 5.21 Å². The van der Waals surface area contributed by atoms with Crippen molar-refractivity contribution in [3.05, 3.63) is 89.6 Å². The highest BCUT2D eigenvalue weighted by atomic mass is 32.2. The number of amides is 1. The Morgan fingerprint density at radius 1 is 0.970 bits per heavy atom. The number of nitrogens with zero attached hydrogens (tertiary/aromatic N) is 4. The van der Waals surface area contributed by atoms with Crippen LogP contribution in [0.25, 0.3) is 0 Å². The Morgan fingerprint density at radius 3 is 2.18 bits per heavy atom. The van der Waals surface area contributed by atoms with Gasteiger partial charge in [0.05, 0.1) is 16.3 Å². The molecule has 12 heteroatoms. The standard InChI is InChI=1S/C21H17N5O6S/c27-21-20(23-22-15-8-12-18(13-9-15)33(30,31)32)19(14-6-10-17(11-7-14)26(28)29)24-25(21)16-4-2-1-3-5-16/h1-13,20,26,28H,(H,30,31,32). The lowest BCUT2D eigenvalue weighted by atomic mass is 10.0. The summed E-state index contributed by atoms with van der Waals surface area (Å²) in [5.74, 6) is -0.461. The van der Waals surface area contributed by atoms with Crippen LogP contribution in [0.1, 0.15) is 5.56 Å². The summed E-state index contributed by atoms with van der Waals surface area (Å²) < 4.78 is 31.5. The number of nitrogens with one attached hydrogen (secondary N) is 1. The average molecular weight is 467 g/mol. The second kappa shape index (κ2) is 8.97. The van der Waals surface area contributed by atoms with E-state index in [0.29, 0.717) is 11.3 Å². The third-order valence-electron chi connectivity index (χ3n) is 4.76. The van der Waals surface area contributed by atoms with E-state index in [1.54, 1.807) is 30.3 Å². The number of hydrogen-bond acceptors (Lipinski definition) is 8. The molecule has 1 aliphatic heterocycles. The minimum Gasteiger partial charge on any atom is -0.595 e. The fourth-order valence-corrected chi connectivity index (χ4v) is 3.59. The third kappa shape index (κ3) is 4.84. The van der Waals surface area contributed by atoms with E-state index in [9.17, 15) is 18.4 Å². The molecule has 0 bridgehead atoms. The lowest BCUT2D eigenvalue weighted by Crippen LogP contribution is -2.99. The second-order valence-corrected chi connectivity index (χ2v) is 8.36. The summed E-state index contributed by atoms with van der Waals surface area (Å²) >= 11 is 0. The van der Waals surface area contributed by atoms with Crippen LogP contribution in [0.4, 0.5) is 17.1 Å². The molecule has 3 N–H and O–H groups in total. The monoisotopic (exact) mass is 467 g/mol. The van der Waals surface area contributed by atoms with Gasteiger partial charge in [0.25, 0.3) is 16.0 Å². The molecule has 1 heterocycles. The first-order valence-electron chi connectivity index (χ1n) is 9.54. The van der Waals surface area contributed by atoms with Crippen LogP contribution >= 0.6 is 0 Å². The molecule has 1 aliphatic rings. The molecule has 4 rings (SSSR count). The van der Waals surface area contributed by atoms with Gasteiger partial charge < -0.3 is 5.21 Å². The number of para-hydroxylation sites is 1. The molecule has 1 amide bonds. The maximum Gasteiger partial charge on any atom is 0.294 e. The van der Waals surface area contributed by atoms with Crippen LogP contribution in [-0.4, -0.2) is 35.8 Å². The summed E-state index contributed by atoms with van der Waals surface area (Å²) in [6.07, 6.45) is 0. The van der Waals surface area contributed by atoms with E-state index in [1.165, 1.54) is 41.4 Å². The lowest BCUT2D eigenvalue weighted by molar-refractivity contribution is -0.991. The molecule has 0 spiro atoms. The van der Waals surface area contributed by atoms with Gasteiger partial charge in [-0.2, -0.15) is 34.0 Å². The third-order valence-corrected chi connectivity index (χ3v) is 5.63. The van der Waals surface area contributed by atoms with Crippen molar-refractivity contribution in [1.82, 2.24) is 0 Å². The van der Waals surface area contributed by atoms with Gasteiger partial charge in [-0.3, -0.25) is 9.35 Å². The van der Waals surface area contributed by atoms with Gasteiger partial charge in [-0.1, -0.05) is 18.2 Å². The number of benzene rings is 3. The van der Waals surface area contributed by atoms with Gasteiger partial charge in [0.2, 0.25) is 0 Å². The predicted octanol–water partition coefficient (Wildman–Crippen LogP) is 2.24. The van der Waals surface area contributed by atoms with Gasteiger partial charge in [-0.15, -0.1) is 0 Å². The highest BCUT2D eigenvalue weighted by molar-refractivity contribution is 7.85. The van der Waals surface area contributed by atoms with Crippen LogP contribution in [0.5, 0.6) is 0 Å². The molecular formula is C21H17N5O6S. The fraction of sp³-hybridized carbons (Fsp3) is 0.0476. The van der Waals surface area contributed by atoms with Crippen LogP contribution in [0.2, 0.25) is 0 Å². The molecule has 33 heavy (non-hydrogen) atoms. The van der Waals surface area contributed by atoms with E-state index >= 15 is 0 Å². The van der Waals surface area contributed by atoms with Gasteiger partial charge in [-0.05, 0) is 48.5 Å². The minimum atomic E-state index is -4.35. The van der Waals surface area contributed by atoms with Crippen molar-refractivity contribution in [3.8, 4) is 0 Å². The quantitative estimate of drug-likeness (QED) is 0.286. The molecule has 2 atom stereocenters. The zero-order valence-electron chi connectivity index (χ0n) is 16.8. The zero-order chi connectivity index (χ0) is 23.6. The fourth-order valence-electron chi connectivity index (χ4n) is 3.11. The van der Waals surface area contributed by atoms with Crippen LogP contribution in [0.3, 0.4) is 0 Å². The van der Waals surface area contributed by atoms with E-state index in [-0.39, 0.29) is 22.0 Å². The Hall–Kier alpha value is -3.81. The van der Waals surface area contributed by atoms with Crippen molar-refractivity contribution >= 4 is 38.8 Å². The zero-order valence-corrected chi connectivity index (χ0v) is 17.6. The van der Waals surface area contributed by atoms with Crippen molar-refractivity contribution in [1.29, 1.82) is 0 Å². The van der Waals surface area contributed by atoms with Gasteiger partial charge >= 0.3 is 0 Å². The maximum absolute atomic E-state index is 13.1. The van der Waals surface area contributed by atoms with E-state index < -0.39 is 27.3 Å². The lowest BCUT2D eigenvalue weighted by Gasteiger charge is -2.12. The number of carbonyl (C=O) groups is 1. The first-order chi connectivity index (χ1) is 15.7. The molecular weight excluding hydrogens is 450 g/mol. The first kappa shape index (κ1) is 22.4. The Balaban J connectivity index is 1.68.